The molecule has 0 saturated heterocycles. The average Bonchev–Trinajstić information content (AvgIpc) is 2.52. The highest BCUT2D eigenvalue weighted by Gasteiger charge is 2.06. The number of esters is 1. The largest absolute Gasteiger partial charge is 0.465 e. The Labute approximate surface area is 131 Å². The second kappa shape index (κ2) is 7.77. The first-order chi connectivity index (χ1) is 10.6. The Bertz CT molecular complexity index is 697. The molecule has 2 aromatic rings. The summed E-state index contributed by atoms with van der Waals surface area (Å²) in [6, 6.07) is 8.52. The molecule has 2 rings (SSSR count). The summed E-state index contributed by atoms with van der Waals surface area (Å²) in [6.07, 6.45) is 0. The number of ether oxygens (including phenoxy) is 2. The van der Waals surface area contributed by atoms with Crippen LogP contribution in [0.1, 0.15) is 21.6 Å². The van der Waals surface area contributed by atoms with Gasteiger partial charge in [-0.25, -0.2) is 9.78 Å². The summed E-state index contributed by atoms with van der Waals surface area (Å²) in [5, 5.41) is 0.539. The molecule has 0 spiro atoms. The third kappa shape index (κ3) is 4.44. The van der Waals surface area contributed by atoms with Gasteiger partial charge in [0.05, 0.1) is 25.0 Å². The van der Waals surface area contributed by atoms with Crippen molar-refractivity contribution in [1.29, 1.82) is 0 Å². The summed E-state index contributed by atoms with van der Waals surface area (Å²) in [5.41, 5.74) is 1.91. The van der Waals surface area contributed by atoms with Crippen molar-refractivity contribution in [1.82, 2.24) is 9.97 Å². The third-order valence-electron chi connectivity index (χ3n) is 2.82. The molecule has 6 nitrogen and oxygen atoms in total. The number of hydrogen-bond donors (Lipinski definition) is 1. The molecule has 0 fully saturated rings. The third-order valence-corrected chi connectivity index (χ3v) is 3.76. The number of carbonyl (C=O) groups is 1. The Morgan fingerprint density at radius 3 is 2.64 bits per heavy atom. The van der Waals surface area contributed by atoms with Gasteiger partial charge in [0.1, 0.15) is 0 Å². The molecule has 116 valence electrons. The number of nitrogens with one attached hydrogen (secondary N) is 1. The molecule has 0 radical (unpaired) electrons. The number of benzene rings is 1. The van der Waals surface area contributed by atoms with Crippen LogP contribution in [-0.2, 0) is 21.8 Å². The second-order valence-electron chi connectivity index (χ2n) is 4.45. The van der Waals surface area contributed by atoms with E-state index in [-0.39, 0.29) is 11.5 Å². The summed E-state index contributed by atoms with van der Waals surface area (Å²) in [5.74, 6) is 0.262. The minimum atomic E-state index is -0.363. The van der Waals surface area contributed by atoms with Gasteiger partial charge in [0, 0.05) is 18.9 Å². The lowest BCUT2D eigenvalue weighted by molar-refractivity contribution is 0.0600. The lowest BCUT2D eigenvalue weighted by atomic mass is 10.1. The topological polar surface area (TPSA) is 81.3 Å². The van der Waals surface area contributed by atoms with E-state index in [1.165, 1.54) is 24.9 Å². The Morgan fingerprint density at radius 1 is 1.27 bits per heavy atom. The quantitative estimate of drug-likeness (QED) is 0.498. The van der Waals surface area contributed by atoms with Gasteiger partial charge >= 0.3 is 5.97 Å². The maximum Gasteiger partial charge on any atom is 0.337 e. The molecule has 7 heteroatoms. The Kier molecular flexibility index (Phi) is 5.74. The van der Waals surface area contributed by atoms with Crippen molar-refractivity contribution in [3.8, 4) is 0 Å². The molecule has 1 heterocycles. The van der Waals surface area contributed by atoms with Gasteiger partial charge in [-0.2, -0.15) is 0 Å². The van der Waals surface area contributed by atoms with Crippen molar-refractivity contribution in [3.63, 3.8) is 0 Å². The number of carbonyl (C=O) groups excluding carboxylic acids is 1. The summed E-state index contributed by atoms with van der Waals surface area (Å²) < 4.78 is 9.63. The molecule has 0 amide bonds. The van der Waals surface area contributed by atoms with Gasteiger partial charge in [0.2, 0.25) is 0 Å². The first kappa shape index (κ1) is 16.3. The maximum atomic E-state index is 11.5. The zero-order valence-electron chi connectivity index (χ0n) is 12.3. The number of hydrogen-bond acceptors (Lipinski definition) is 6. The first-order valence-electron chi connectivity index (χ1n) is 6.51. The highest BCUT2D eigenvalue weighted by Crippen LogP contribution is 2.19. The number of methoxy groups -OCH3 is 2. The number of rotatable bonds is 6. The summed E-state index contributed by atoms with van der Waals surface area (Å²) in [4.78, 5) is 29.9. The average molecular weight is 320 g/mol. The van der Waals surface area contributed by atoms with Crippen LogP contribution >= 0.6 is 11.8 Å². The van der Waals surface area contributed by atoms with E-state index >= 15 is 0 Å². The highest BCUT2D eigenvalue weighted by molar-refractivity contribution is 7.98. The first-order valence-corrected chi connectivity index (χ1v) is 7.50. The predicted octanol–water partition coefficient (Wildman–Crippen LogP) is 2.00. The van der Waals surface area contributed by atoms with Crippen LogP contribution in [0, 0.1) is 0 Å². The normalized spacial score (nSPS) is 10.5. The van der Waals surface area contributed by atoms with Gasteiger partial charge in [-0.05, 0) is 17.7 Å². The van der Waals surface area contributed by atoms with Gasteiger partial charge < -0.3 is 14.5 Å². The monoisotopic (exact) mass is 320 g/mol. The van der Waals surface area contributed by atoms with Gasteiger partial charge in [0.25, 0.3) is 5.56 Å². The lowest BCUT2D eigenvalue weighted by Gasteiger charge is -2.05. The molecule has 0 aliphatic heterocycles. The van der Waals surface area contributed by atoms with Gasteiger partial charge in [0.15, 0.2) is 5.16 Å². The van der Waals surface area contributed by atoms with Crippen LogP contribution in [0.25, 0.3) is 0 Å². The molecule has 0 atom stereocenters. The molecule has 22 heavy (non-hydrogen) atoms. The van der Waals surface area contributed by atoms with Gasteiger partial charge in [-0.3, -0.25) is 4.79 Å². The van der Waals surface area contributed by atoms with Gasteiger partial charge in [-0.15, -0.1) is 0 Å². The van der Waals surface area contributed by atoms with Crippen LogP contribution in [-0.4, -0.2) is 30.2 Å². The standard InChI is InChI=1S/C15H16N2O4S/c1-20-8-12-7-13(18)17-15(16-12)22-9-10-3-5-11(6-4-10)14(19)21-2/h3-7H,8-9H2,1-2H3,(H,16,17,18). The zero-order valence-corrected chi connectivity index (χ0v) is 13.1. The number of thioether (sulfide) groups is 1. The van der Waals surface area contributed by atoms with E-state index in [1.54, 1.807) is 19.2 Å². The van der Waals surface area contributed by atoms with E-state index in [0.717, 1.165) is 5.56 Å². The van der Waals surface area contributed by atoms with Crippen LogP contribution < -0.4 is 5.56 Å². The van der Waals surface area contributed by atoms with E-state index in [9.17, 15) is 9.59 Å². The van der Waals surface area contributed by atoms with Crippen LogP contribution in [0.4, 0.5) is 0 Å². The Morgan fingerprint density at radius 2 is 2.00 bits per heavy atom. The fraction of sp³-hybridized carbons (Fsp3) is 0.267. The van der Waals surface area contributed by atoms with Crippen molar-refractivity contribution >= 4 is 17.7 Å². The minimum Gasteiger partial charge on any atom is -0.465 e. The number of H-pyrrole nitrogens is 1. The fourth-order valence-electron chi connectivity index (χ4n) is 1.78. The number of aromatic amines is 1. The lowest BCUT2D eigenvalue weighted by Crippen LogP contribution is -2.10. The molecule has 1 aromatic heterocycles. The van der Waals surface area contributed by atoms with Crippen molar-refractivity contribution in [2.24, 2.45) is 0 Å². The highest BCUT2D eigenvalue weighted by atomic mass is 32.2. The Balaban J connectivity index is 2.03. The molecule has 1 N–H and O–H groups in total. The zero-order chi connectivity index (χ0) is 15.9. The molecule has 0 unspecified atom stereocenters. The van der Waals surface area contributed by atoms with Crippen molar-refractivity contribution < 1.29 is 14.3 Å². The van der Waals surface area contributed by atoms with Crippen molar-refractivity contribution in [2.45, 2.75) is 17.5 Å². The fourth-order valence-corrected chi connectivity index (χ4v) is 2.63. The van der Waals surface area contributed by atoms with E-state index in [2.05, 4.69) is 14.7 Å². The summed E-state index contributed by atoms with van der Waals surface area (Å²) in [6.45, 7) is 0.297. The van der Waals surface area contributed by atoms with E-state index in [4.69, 9.17) is 4.74 Å². The molecule has 0 aliphatic rings. The number of aromatic nitrogens is 2. The van der Waals surface area contributed by atoms with Crippen LogP contribution in [0.2, 0.25) is 0 Å². The second-order valence-corrected chi connectivity index (χ2v) is 5.42. The van der Waals surface area contributed by atoms with Crippen LogP contribution in [0.5, 0.6) is 0 Å². The molecule has 0 bridgehead atoms. The molecular formula is C15H16N2O4S. The van der Waals surface area contributed by atoms with E-state index < -0.39 is 0 Å². The summed E-state index contributed by atoms with van der Waals surface area (Å²) in [7, 11) is 2.90. The van der Waals surface area contributed by atoms with E-state index in [1.807, 2.05) is 12.1 Å². The molecule has 1 aromatic carbocycles. The SMILES string of the molecule is COCc1cc(=O)[nH]c(SCc2ccc(C(=O)OC)cc2)n1. The van der Waals surface area contributed by atoms with E-state index in [0.29, 0.717) is 28.8 Å². The van der Waals surface area contributed by atoms with Gasteiger partial charge in [-0.1, -0.05) is 23.9 Å². The predicted molar refractivity (Wildman–Crippen MR) is 82.9 cm³/mol. The summed E-state index contributed by atoms with van der Waals surface area (Å²) >= 11 is 1.41. The van der Waals surface area contributed by atoms with Crippen LogP contribution in [0.3, 0.4) is 0 Å². The Hall–Kier alpha value is -2.12. The van der Waals surface area contributed by atoms with Crippen molar-refractivity contribution in [2.75, 3.05) is 14.2 Å². The number of nitrogens with zero attached hydrogens (tertiary/aromatic N) is 1. The molecule has 0 saturated carbocycles. The molecular weight excluding hydrogens is 304 g/mol. The smallest absolute Gasteiger partial charge is 0.337 e. The maximum absolute atomic E-state index is 11.5. The molecule has 0 aliphatic carbocycles. The van der Waals surface area contributed by atoms with Crippen LogP contribution in [0.15, 0.2) is 40.3 Å². The minimum absolute atomic E-state index is 0.203. The van der Waals surface area contributed by atoms with Crippen molar-refractivity contribution in [3.05, 3.63) is 57.5 Å².